The summed E-state index contributed by atoms with van der Waals surface area (Å²) in [5.41, 5.74) is 2.74. The number of hydrogen-bond donors (Lipinski definition) is 1. The summed E-state index contributed by atoms with van der Waals surface area (Å²) in [7, 11) is 0. The van der Waals surface area contributed by atoms with Gasteiger partial charge in [0.1, 0.15) is 16.7 Å². The van der Waals surface area contributed by atoms with E-state index in [0.29, 0.717) is 28.0 Å². The summed E-state index contributed by atoms with van der Waals surface area (Å²) >= 11 is 6.03. The number of benzene rings is 2. The number of phenolic OH excluding ortho intramolecular Hbond substituents is 1. The van der Waals surface area contributed by atoms with Gasteiger partial charge in [0.2, 0.25) is 0 Å². The molecule has 142 valence electrons. The van der Waals surface area contributed by atoms with Gasteiger partial charge in [-0.2, -0.15) is 0 Å². The van der Waals surface area contributed by atoms with Crippen LogP contribution in [0.25, 0.3) is 16.7 Å². The Kier molecular flexibility index (Phi) is 4.76. The molecule has 6 heteroatoms. The molecule has 0 unspecified atom stereocenters. The first kappa shape index (κ1) is 19.4. The van der Waals surface area contributed by atoms with Gasteiger partial charge in [-0.15, -0.1) is 15.0 Å². The number of carbonyl (C=O) groups excluding carboxylic acids is 1. The molecule has 0 aliphatic heterocycles. The summed E-state index contributed by atoms with van der Waals surface area (Å²) in [5.74, 6) is -0.133. The number of aromatic hydroxyl groups is 1. The van der Waals surface area contributed by atoms with Crippen LogP contribution in [0.2, 0.25) is 5.02 Å². The minimum absolute atomic E-state index is 0.109. The Labute approximate surface area is 164 Å². The second-order valence-electron chi connectivity index (χ2n) is 8.79. The first-order valence-corrected chi connectivity index (χ1v) is 9.24. The van der Waals surface area contributed by atoms with Crippen LogP contribution in [0.4, 0.5) is 0 Å². The van der Waals surface area contributed by atoms with Crippen LogP contribution in [0.3, 0.4) is 0 Å². The third-order valence-electron chi connectivity index (χ3n) is 4.56. The lowest BCUT2D eigenvalue weighted by atomic mass is 9.72. The van der Waals surface area contributed by atoms with E-state index in [-0.39, 0.29) is 22.1 Å². The van der Waals surface area contributed by atoms with E-state index in [1.54, 1.807) is 24.3 Å². The third kappa shape index (κ3) is 3.98. The van der Waals surface area contributed by atoms with E-state index < -0.39 is 0 Å². The fraction of sp³-hybridized carbons (Fsp3) is 0.381. The summed E-state index contributed by atoms with van der Waals surface area (Å²) in [6.07, 6.45) is 1.57. The first-order chi connectivity index (χ1) is 12.5. The molecule has 5 nitrogen and oxygen atoms in total. The van der Waals surface area contributed by atoms with E-state index in [4.69, 9.17) is 11.6 Å². The van der Waals surface area contributed by atoms with Gasteiger partial charge in [-0.25, -0.2) is 0 Å². The molecule has 1 N–H and O–H groups in total. The Balaban J connectivity index is 2.18. The maximum atomic E-state index is 11.6. The molecule has 0 radical (unpaired) electrons. The fourth-order valence-corrected chi connectivity index (χ4v) is 3.86. The lowest BCUT2D eigenvalue weighted by molar-refractivity contribution is 0.112. The van der Waals surface area contributed by atoms with Gasteiger partial charge >= 0.3 is 0 Å². The van der Waals surface area contributed by atoms with Crippen LogP contribution in [0.15, 0.2) is 30.3 Å². The zero-order chi connectivity index (χ0) is 20.0. The van der Waals surface area contributed by atoms with E-state index in [1.807, 2.05) is 6.07 Å². The smallest absolute Gasteiger partial charge is 0.153 e. The standard InChI is InChI=1S/C21H24ClN3O2/c1-20(2,3)12-21(4,5)14-8-13(11-26)19(27)18(9-14)25-23-16-7-6-15(22)10-17(16)24-25/h6-11,27H,12H2,1-5H3. The average Bonchev–Trinajstić information content (AvgIpc) is 2.95. The highest BCUT2D eigenvalue weighted by Crippen LogP contribution is 2.39. The molecular weight excluding hydrogens is 362 g/mol. The predicted molar refractivity (Wildman–Crippen MR) is 108 cm³/mol. The van der Waals surface area contributed by atoms with E-state index in [1.165, 1.54) is 4.80 Å². The van der Waals surface area contributed by atoms with E-state index in [9.17, 15) is 9.90 Å². The molecule has 0 bridgehead atoms. The van der Waals surface area contributed by atoms with Crippen LogP contribution < -0.4 is 0 Å². The monoisotopic (exact) mass is 385 g/mol. The van der Waals surface area contributed by atoms with Crippen LogP contribution in [-0.2, 0) is 5.41 Å². The quantitative estimate of drug-likeness (QED) is 0.618. The summed E-state index contributed by atoms with van der Waals surface area (Å²) in [6, 6.07) is 8.83. The van der Waals surface area contributed by atoms with Crippen molar-refractivity contribution < 1.29 is 9.90 Å². The Morgan fingerprint density at radius 2 is 1.74 bits per heavy atom. The van der Waals surface area contributed by atoms with Gasteiger partial charge < -0.3 is 5.11 Å². The van der Waals surface area contributed by atoms with Gasteiger partial charge in [-0.05, 0) is 53.1 Å². The molecule has 1 aromatic heterocycles. The number of carbonyl (C=O) groups is 1. The molecule has 3 aromatic rings. The summed E-state index contributed by atoms with van der Waals surface area (Å²) in [5, 5.41) is 20.0. The zero-order valence-electron chi connectivity index (χ0n) is 16.2. The number of fused-ring (bicyclic) bond motifs is 1. The van der Waals surface area contributed by atoms with Gasteiger partial charge in [0.05, 0.1) is 5.56 Å². The second kappa shape index (κ2) is 6.64. The van der Waals surface area contributed by atoms with E-state index >= 15 is 0 Å². The first-order valence-electron chi connectivity index (χ1n) is 8.86. The van der Waals surface area contributed by atoms with Crippen LogP contribution >= 0.6 is 11.6 Å². The highest BCUT2D eigenvalue weighted by molar-refractivity contribution is 6.31. The molecule has 27 heavy (non-hydrogen) atoms. The molecule has 0 saturated heterocycles. The molecule has 1 heterocycles. The molecule has 0 amide bonds. The minimum Gasteiger partial charge on any atom is -0.505 e. The Morgan fingerprint density at radius 3 is 2.37 bits per heavy atom. The molecule has 0 fully saturated rings. The normalized spacial score (nSPS) is 12.5. The molecule has 0 spiro atoms. The zero-order valence-corrected chi connectivity index (χ0v) is 17.0. The van der Waals surface area contributed by atoms with Gasteiger partial charge in [0.15, 0.2) is 12.0 Å². The summed E-state index contributed by atoms with van der Waals surface area (Å²) < 4.78 is 0. The molecule has 0 aliphatic rings. The Bertz CT molecular complexity index is 1020. The molecule has 0 saturated carbocycles. The Hall–Kier alpha value is -2.40. The second-order valence-corrected chi connectivity index (χ2v) is 9.23. The number of rotatable bonds is 4. The highest BCUT2D eigenvalue weighted by Gasteiger charge is 2.29. The largest absolute Gasteiger partial charge is 0.505 e. The SMILES string of the molecule is CC(C)(C)CC(C)(C)c1cc(C=O)c(O)c(-n2nc3ccc(Cl)cc3n2)c1. The third-order valence-corrected chi connectivity index (χ3v) is 4.79. The van der Waals surface area contributed by atoms with Crippen molar-refractivity contribution in [2.45, 2.75) is 46.5 Å². The lowest BCUT2D eigenvalue weighted by Crippen LogP contribution is -2.25. The lowest BCUT2D eigenvalue weighted by Gasteiger charge is -2.33. The number of nitrogens with zero attached hydrogens (tertiary/aromatic N) is 3. The van der Waals surface area contributed by atoms with Crippen LogP contribution in [0.5, 0.6) is 5.75 Å². The van der Waals surface area contributed by atoms with Crippen molar-refractivity contribution >= 4 is 28.9 Å². The van der Waals surface area contributed by atoms with Crippen LogP contribution in [0, 0.1) is 5.41 Å². The maximum absolute atomic E-state index is 11.6. The van der Waals surface area contributed by atoms with Crippen molar-refractivity contribution in [1.29, 1.82) is 0 Å². The van der Waals surface area contributed by atoms with Gasteiger partial charge in [0.25, 0.3) is 0 Å². The van der Waals surface area contributed by atoms with E-state index in [0.717, 1.165) is 12.0 Å². The van der Waals surface area contributed by atoms with Gasteiger partial charge in [-0.1, -0.05) is 46.2 Å². The molecule has 0 atom stereocenters. The summed E-state index contributed by atoms with van der Waals surface area (Å²) in [4.78, 5) is 12.9. The average molecular weight is 386 g/mol. The van der Waals surface area contributed by atoms with Crippen molar-refractivity contribution in [3.8, 4) is 11.4 Å². The van der Waals surface area contributed by atoms with Crippen LogP contribution in [-0.4, -0.2) is 26.4 Å². The molecule has 0 aliphatic carbocycles. The van der Waals surface area contributed by atoms with Crippen LogP contribution in [0.1, 0.15) is 57.0 Å². The number of aromatic nitrogens is 3. The van der Waals surface area contributed by atoms with Crippen molar-refractivity contribution in [3.05, 3.63) is 46.5 Å². The van der Waals surface area contributed by atoms with Gasteiger partial charge in [-0.3, -0.25) is 4.79 Å². The predicted octanol–water partition coefficient (Wildman–Crippen LogP) is 5.31. The van der Waals surface area contributed by atoms with Crippen molar-refractivity contribution in [3.63, 3.8) is 0 Å². The van der Waals surface area contributed by atoms with E-state index in [2.05, 4.69) is 44.8 Å². The van der Waals surface area contributed by atoms with Crippen molar-refractivity contribution in [1.82, 2.24) is 15.0 Å². The molecule has 3 rings (SSSR count). The minimum atomic E-state index is -0.200. The Morgan fingerprint density at radius 1 is 1.07 bits per heavy atom. The number of phenols is 1. The van der Waals surface area contributed by atoms with Gasteiger partial charge in [0, 0.05) is 5.02 Å². The number of hydrogen-bond acceptors (Lipinski definition) is 4. The fourth-order valence-electron chi connectivity index (χ4n) is 3.70. The van der Waals surface area contributed by atoms with Crippen molar-refractivity contribution in [2.75, 3.05) is 0 Å². The number of halogens is 1. The molecule has 2 aromatic carbocycles. The van der Waals surface area contributed by atoms with Crippen molar-refractivity contribution in [2.24, 2.45) is 5.41 Å². The maximum Gasteiger partial charge on any atom is 0.153 e. The highest BCUT2D eigenvalue weighted by atomic mass is 35.5. The summed E-state index contributed by atoms with van der Waals surface area (Å²) in [6.45, 7) is 10.8. The number of aldehydes is 1. The molecular formula is C21H24ClN3O2. The topological polar surface area (TPSA) is 68.0 Å².